The van der Waals surface area contributed by atoms with Crippen LogP contribution in [0.15, 0.2) is 46.2 Å². The molecule has 2 aromatic rings. The van der Waals surface area contributed by atoms with Crippen LogP contribution < -0.4 is 4.90 Å². The normalized spacial score (nSPS) is 21.8. The molecule has 2 aromatic heterocycles. The molecule has 2 saturated heterocycles. The lowest BCUT2D eigenvalue weighted by Gasteiger charge is -2.24. The molecule has 2 atom stereocenters. The quantitative estimate of drug-likeness (QED) is 0.749. The van der Waals surface area contributed by atoms with Crippen LogP contribution in [0.1, 0.15) is 12.8 Å². The molecule has 2 fully saturated rings. The SMILES string of the molecule is O=C(O)C(F)(F)F.O=C1C[C@@H]2[C@H](CCN2S(=O)(=O)c2cccs2)N1c1cccnc1. The van der Waals surface area contributed by atoms with Crippen LogP contribution in [0, 0.1) is 0 Å². The summed E-state index contributed by atoms with van der Waals surface area (Å²) in [4.78, 5) is 27.1. The van der Waals surface area contributed by atoms with Crippen LogP contribution in [0.3, 0.4) is 0 Å². The monoisotopic (exact) mass is 463 g/mol. The summed E-state index contributed by atoms with van der Waals surface area (Å²) in [5, 5.41) is 8.88. The van der Waals surface area contributed by atoms with E-state index in [1.165, 1.54) is 15.6 Å². The number of fused-ring (bicyclic) bond motifs is 1. The highest BCUT2D eigenvalue weighted by molar-refractivity contribution is 7.91. The Balaban J connectivity index is 0.000000318. The van der Waals surface area contributed by atoms with Gasteiger partial charge in [-0.1, -0.05) is 6.07 Å². The fourth-order valence-electron chi connectivity index (χ4n) is 3.47. The van der Waals surface area contributed by atoms with Crippen molar-refractivity contribution in [1.82, 2.24) is 9.29 Å². The largest absolute Gasteiger partial charge is 0.490 e. The zero-order chi connectivity index (χ0) is 22.1. The smallest absolute Gasteiger partial charge is 0.475 e. The number of sulfonamides is 1. The predicted octanol–water partition coefficient (Wildman–Crippen LogP) is 2.34. The van der Waals surface area contributed by atoms with Crippen molar-refractivity contribution in [1.29, 1.82) is 0 Å². The third kappa shape index (κ3) is 4.32. The first-order chi connectivity index (χ1) is 14.0. The Labute approximate surface area is 173 Å². The van der Waals surface area contributed by atoms with Crippen LogP contribution in [0.4, 0.5) is 18.9 Å². The van der Waals surface area contributed by atoms with Gasteiger partial charge in [-0.3, -0.25) is 9.78 Å². The van der Waals surface area contributed by atoms with Crippen molar-refractivity contribution in [3.63, 3.8) is 0 Å². The molecule has 4 rings (SSSR count). The number of nitrogens with zero attached hydrogens (tertiary/aromatic N) is 3. The van der Waals surface area contributed by atoms with Gasteiger partial charge in [0.05, 0.1) is 24.0 Å². The standard InChI is InChI=1S/C15H15N3O3S2.C2HF3O2/c19-14-9-13-12(18(14)11-3-1-6-16-10-11)5-7-17(13)23(20,21)15-4-2-8-22-15;3-2(4,5)1(6)7/h1-4,6,8,10,12-13H,5,7,9H2;(H,6,7)/t12-,13+;/m0./s1. The second-order valence-corrected chi connectivity index (χ2v) is 9.52. The van der Waals surface area contributed by atoms with Crippen molar-refractivity contribution in [2.45, 2.75) is 35.3 Å². The molecule has 0 spiro atoms. The van der Waals surface area contributed by atoms with E-state index >= 15 is 0 Å². The number of hydrogen-bond acceptors (Lipinski definition) is 6. The van der Waals surface area contributed by atoms with E-state index in [2.05, 4.69) is 4.98 Å². The summed E-state index contributed by atoms with van der Waals surface area (Å²) in [6.07, 6.45) is -0.902. The molecule has 0 aromatic carbocycles. The molecule has 8 nitrogen and oxygen atoms in total. The molecule has 0 unspecified atom stereocenters. The summed E-state index contributed by atoms with van der Waals surface area (Å²) in [5.74, 6) is -2.80. The molecule has 1 amide bonds. The van der Waals surface area contributed by atoms with Crippen LogP contribution in [-0.2, 0) is 19.6 Å². The van der Waals surface area contributed by atoms with Crippen LogP contribution in [0.2, 0.25) is 0 Å². The van der Waals surface area contributed by atoms with E-state index in [-0.39, 0.29) is 24.4 Å². The van der Waals surface area contributed by atoms with Crippen LogP contribution in [-0.4, -0.2) is 59.5 Å². The van der Waals surface area contributed by atoms with Gasteiger partial charge in [-0.05, 0) is 30.0 Å². The lowest BCUT2D eigenvalue weighted by atomic mass is 10.1. The zero-order valence-electron chi connectivity index (χ0n) is 15.2. The van der Waals surface area contributed by atoms with Gasteiger partial charge in [-0.25, -0.2) is 13.2 Å². The van der Waals surface area contributed by atoms with Crippen molar-refractivity contribution in [3.05, 3.63) is 42.0 Å². The molecule has 13 heteroatoms. The van der Waals surface area contributed by atoms with Gasteiger partial charge in [0.1, 0.15) is 4.21 Å². The fraction of sp³-hybridized carbons (Fsp3) is 0.353. The van der Waals surface area contributed by atoms with Gasteiger partial charge in [0, 0.05) is 19.2 Å². The molecule has 4 heterocycles. The first-order valence-corrected chi connectivity index (χ1v) is 10.9. The molecule has 0 saturated carbocycles. The Morgan fingerprint density at radius 2 is 1.93 bits per heavy atom. The molecule has 2 aliphatic heterocycles. The van der Waals surface area contributed by atoms with E-state index in [0.717, 1.165) is 5.69 Å². The zero-order valence-corrected chi connectivity index (χ0v) is 16.8. The number of halogens is 3. The maximum Gasteiger partial charge on any atom is 0.490 e. The summed E-state index contributed by atoms with van der Waals surface area (Å²) in [7, 11) is -3.52. The number of thiophene rings is 1. The Bertz CT molecular complexity index is 1010. The maximum absolute atomic E-state index is 12.8. The third-order valence-corrected chi connectivity index (χ3v) is 7.97. The number of carbonyl (C=O) groups is 2. The first-order valence-electron chi connectivity index (χ1n) is 8.61. The number of alkyl halides is 3. The summed E-state index contributed by atoms with van der Waals surface area (Å²) < 4.78 is 59.1. The minimum atomic E-state index is -5.08. The van der Waals surface area contributed by atoms with E-state index < -0.39 is 22.2 Å². The van der Waals surface area contributed by atoms with Gasteiger partial charge in [0.15, 0.2) is 0 Å². The summed E-state index contributed by atoms with van der Waals surface area (Å²) in [5.41, 5.74) is 0.736. The van der Waals surface area contributed by atoms with Crippen molar-refractivity contribution < 1.29 is 36.3 Å². The number of rotatable bonds is 3. The number of hydrogen-bond donors (Lipinski definition) is 1. The number of aromatic nitrogens is 1. The highest BCUT2D eigenvalue weighted by Crippen LogP contribution is 2.39. The molecule has 2 aliphatic rings. The van der Waals surface area contributed by atoms with Gasteiger partial charge >= 0.3 is 12.1 Å². The number of aliphatic carboxylic acids is 1. The second-order valence-electron chi connectivity index (χ2n) is 6.45. The van der Waals surface area contributed by atoms with Gasteiger partial charge < -0.3 is 10.0 Å². The van der Waals surface area contributed by atoms with Crippen molar-refractivity contribution >= 4 is 38.9 Å². The van der Waals surface area contributed by atoms with Crippen molar-refractivity contribution in [2.24, 2.45) is 0 Å². The number of carboxylic acid groups (broad SMARTS) is 1. The van der Waals surface area contributed by atoms with Gasteiger partial charge in [-0.2, -0.15) is 17.5 Å². The van der Waals surface area contributed by atoms with E-state index in [0.29, 0.717) is 17.2 Å². The van der Waals surface area contributed by atoms with Gasteiger partial charge in [0.25, 0.3) is 10.0 Å². The lowest BCUT2D eigenvalue weighted by molar-refractivity contribution is -0.192. The summed E-state index contributed by atoms with van der Waals surface area (Å²) in [6.45, 7) is 0.444. The number of anilines is 1. The average Bonchev–Trinajstić information content (AvgIpc) is 3.38. The highest BCUT2D eigenvalue weighted by Gasteiger charge is 2.51. The molecule has 0 radical (unpaired) electrons. The molecule has 1 N–H and O–H groups in total. The predicted molar refractivity (Wildman–Crippen MR) is 100 cm³/mol. The molecule has 0 aliphatic carbocycles. The lowest BCUT2D eigenvalue weighted by Crippen LogP contribution is -2.39. The molecule has 30 heavy (non-hydrogen) atoms. The molecular weight excluding hydrogens is 447 g/mol. The van der Waals surface area contributed by atoms with E-state index in [9.17, 15) is 26.4 Å². The minimum absolute atomic E-state index is 0.0425. The van der Waals surface area contributed by atoms with E-state index in [1.807, 2.05) is 6.07 Å². The third-order valence-electron chi connectivity index (χ3n) is 4.67. The van der Waals surface area contributed by atoms with E-state index in [1.54, 1.807) is 40.9 Å². The average molecular weight is 463 g/mol. The van der Waals surface area contributed by atoms with Gasteiger partial charge in [-0.15, -0.1) is 11.3 Å². The Kier molecular flexibility index (Phi) is 6.15. The first kappa shape index (κ1) is 22.2. The number of pyridine rings is 1. The Morgan fingerprint density at radius 1 is 1.23 bits per heavy atom. The highest BCUT2D eigenvalue weighted by atomic mass is 32.2. The topological polar surface area (TPSA) is 108 Å². The number of carboxylic acids is 1. The van der Waals surface area contributed by atoms with Gasteiger partial charge in [0.2, 0.25) is 5.91 Å². The minimum Gasteiger partial charge on any atom is -0.475 e. The second kappa shape index (κ2) is 8.32. The van der Waals surface area contributed by atoms with E-state index in [4.69, 9.17) is 9.90 Å². The van der Waals surface area contributed by atoms with Crippen LogP contribution >= 0.6 is 11.3 Å². The molecular formula is C17H16F3N3O5S2. The van der Waals surface area contributed by atoms with Crippen LogP contribution in [0.5, 0.6) is 0 Å². The Hall–Kier alpha value is -2.51. The molecule has 0 bridgehead atoms. The fourth-order valence-corrected chi connectivity index (χ4v) is 6.25. The number of amides is 1. The molecule has 162 valence electrons. The summed E-state index contributed by atoms with van der Waals surface area (Å²) >= 11 is 1.21. The number of carbonyl (C=O) groups excluding carboxylic acids is 1. The van der Waals surface area contributed by atoms with Crippen molar-refractivity contribution in [3.8, 4) is 0 Å². The maximum atomic E-state index is 12.8. The summed E-state index contributed by atoms with van der Waals surface area (Å²) in [6, 6.07) is 6.56. The van der Waals surface area contributed by atoms with Crippen LogP contribution in [0.25, 0.3) is 0 Å². The Morgan fingerprint density at radius 3 is 2.47 bits per heavy atom. The van der Waals surface area contributed by atoms with Crippen molar-refractivity contribution in [2.75, 3.05) is 11.4 Å².